The van der Waals surface area contributed by atoms with Crippen LogP contribution in [0.15, 0.2) is 23.2 Å². The summed E-state index contributed by atoms with van der Waals surface area (Å²) in [4.78, 5) is 12.6. The summed E-state index contributed by atoms with van der Waals surface area (Å²) in [6.07, 6.45) is 0. The Hall–Kier alpha value is -1.35. The van der Waals surface area contributed by atoms with E-state index < -0.39 is 0 Å². The zero-order valence-electron chi connectivity index (χ0n) is 16.5. The molecule has 2 rings (SSSR count). The van der Waals surface area contributed by atoms with E-state index in [9.17, 15) is 0 Å². The van der Waals surface area contributed by atoms with Crippen molar-refractivity contribution in [1.29, 1.82) is 0 Å². The summed E-state index contributed by atoms with van der Waals surface area (Å²) in [5.74, 6) is 0.832. The van der Waals surface area contributed by atoms with Gasteiger partial charge < -0.3 is 15.5 Å². The molecule has 0 unspecified atom stereocenters. The molecular formula is C19H30IN5S. The molecule has 1 heterocycles. The van der Waals surface area contributed by atoms with E-state index >= 15 is 0 Å². The Morgan fingerprint density at radius 3 is 2.50 bits per heavy atom. The van der Waals surface area contributed by atoms with Crippen LogP contribution in [-0.4, -0.2) is 31.6 Å². The van der Waals surface area contributed by atoms with Crippen molar-refractivity contribution in [3.8, 4) is 0 Å². The molecule has 2 N–H and O–H groups in total. The number of aliphatic imine (C=N–C) groups is 1. The van der Waals surface area contributed by atoms with Crippen molar-refractivity contribution in [2.75, 3.05) is 25.5 Å². The van der Waals surface area contributed by atoms with E-state index in [1.54, 1.807) is 11.3 Å². The van der Waals surface area contributed by atoms with Crippen LogP contribution >= 0.6 is 35.3 Å². The van der Waals surface area contributed by atoms with Crippen molar-refractivity contribution in [1.82, 2.24) is 15.6 Å². The first-order chi connectivity index (χ1) is 11.9. The zero-order valence-corrected chi connectivity index (χ0v) is 19.7. The molecule has 0 saturated heterocycles. The number of nitrogens with zero attached hydrogens (tertiary/aromatic N) is 3. The van der Waals surface area contributed by atoms with Gasteiger partial charge in [0, 0.05) is 31.2 Å². The van der Waals surface area contributed by atoms with E-state index in [-0.39, 0.29) is 24.0 Å². The summed E-state index contributed by atoms with van der Waals surface area (Å²) in [5.41, 5.74) is 4.79. The second-order valence-corrected chi connectivity index (χ2v) is 7.60. The molecule has 0 spiro atoms. The molecule has 1 aromatic heterocycles. The van der Waals surface area contributed by atoms with Gasteiger partial charge in [0.1, 0.15) is 0 Å². The number of benzene rings is 1. The largest absolute Gasteiger partial charge is 0.377 e. The predicted octanol–water partition coefficient (Wildman–Crippen LogP) is 4.01. The maximum Gasteiger partial charge on any atom is 0.191 e. The number of thiazole rings is 1. The summed E-state index contributed by atoms with van der Waals surface area (Å²) in [6, 6.07) is 6.50. The highest BCUT2D eigenvalue weighted by atomic mass is 127. The zero-order chi connectivity index (χ0) is 18.4. The fraction of sp³-hybridized carbons (Fsp3) is 0.474. The SMILES string of the molecule is CCNC(=NCc1ccc(C)cc1N(C)C)NCc1sc(C)nc1C.I. The molecule has 0 aliphatic carbocycles. The molecule has 0 amide bonds. The number of anilines is 1. The van der Waals surface area contributed by atoms with Crippen LogP contribution in [0.4, 0.5) is 5.69 Å². The smallest absolute Gasteiger partial charge is 0.191 e. The molecule has 144 valence electrons. The predicted molar refractivity (Wildman–Crippen MR) is 124 cm³/mol. The van der Waals surface area contributed by atoms with E-state index in [1.807, 2.05) is 6.92 Å². The average Bonchev–Trinajstić information content (AvgIpc) is 2.88. The molecule has 0 aliphatic rings. The highest BCUT2D eigenvalue weighted by Crippen LogP contribution is 2.21. The third-order valence-electron chi connectivity index (χ3n) is 3.89. The molecule has 5 nitrogen and oxygen atoms in total. The van der Waals surface area contributed by atoms with Gasteiger partial charge in [0.15, 0.2) is 5.96 Å². The van der Waals surface area contributed by atoms with Crippen LogP contribution in [0.2, 0.25) is 0 Å². The van der Waals surface area contributed by atoms with Gasteiger partial charge in [-0.05, 0) is 44.9 Å². The van der Waals surface area contributed by atoms with Gasteiger partial charge in [-0.15, -0.1) is 35.3 Å². The number of aryl methyl sites for hydroxylation is 3. The molecule has 0 aliphatic heterocycles. The molecule has 26 heavy (non-hydrogen) atoms. The number of guanidine groups is 1. The van der Waals surface area contributed by atoms with Gasteiger partial charge in [-0.1, -0.05) is 12.1 Å². The lowest BCUT2D eigenvalue weighted by atomic mass is 10.1. The Morgan fingerprint density at radius 1 is 1.19 bits per heavy atom. The van der Waals surface area contributed by atoms with Crippen molar-refractivity contribution < 1.29 is 0 Å². The normalized spacial score (nSPS) is 11.1. The van der Waals surface area contributed by atoms with Gasteiger partial charge in [-0.2, -0.15) is 0 Å². The fourth-order valence-corrected chi connectivity index (χ4v) is 3.51. The molecular weight excluding hydrogens is 457 g/mol. The lowest BCUT2D eigenvalue weighted by Crippen LogP contribution is -2.36. The first-order valence-corrected chi connectivity index (χ1v) is 9.44. The maximum absolute atomic E-state index is 4.76. The van der Waals surface area contributed by atoms with Gasteiger partial charge in [-0.3, -0.25) is 0 Å². The van der Waals surface area contributed by atoms with Gasteiger partial charge in [0.2, 0.25) is 0 Å². The van der Waals surface area contributed by atoms with Crippen molar-refractivity contribution in [3.05, 3.63) is 44.9 Å². The summed E-state index contributed by atoms with van der Waals surface area (Å²) in [6.45, 7) is 10.5. The lowest BCUT2D eigenvalue weighted by Gasteiger charge is -2.18. The Balaban J connectivity index is 0.00000338. The minimum absolute atomic E-state index is 0. The van der Waals surface area contributed by atoms with Crippen molar-refractivity contribution in [3.63, 3.8) is 0 Å². The van der Waals surface area contributed by atoms with Crippen molar-refractivity contribution in [2.45, 2.75) is 40.8 Å². The van der Waals surface area contributed by atoms with Gasteiger partial charge >= 0.3 is 0 Å². The van der Waals surface area contributed by atoms with Crippen LogP contribution in [-0.2, 0) is 13.1 Å². The van der Waals surface area contributed by atoms with Gasteiger partial charge in [0.25, 0.3) is 0 Å². The third kappa shape index (κ3) is 6.42. The lowest BCUT2D eigenvalue weighted by molar-refractivity contribution is 0.818. The van der Waals surface area contributed by atoms with Crippen LogP contribution in [0.3, 0.4) is 0 Å². The molecule has 0 atom stereocenters. The molecule has 2 aromatic rings. The molecule has 7 heteroatoms. The number of aromatic nitrogens is 1. The number of rotatable bonds is 6. The highest BCUT2D eigenvalue weighted by Gasteiger charge is 2.07. The summed E-state index contributed by atoms with van der Waals surface area (Å²) in [7, 11) is 4.14. The van der Waals surface area contributed by atoms with Crippen LogP contribution in [0.5, 0.6) is 0 Å². The van der Waals surface area contributed by atoms with E-state index in [2.05, 4.69) is 73.6 Å². The average molecular weight is 487 g/mol. The minimum Gasteiger partial charge on any atom is -0.377 e. The van der Waals surface area contributed by atoms with E-state index in [1.165, 1.54) is 21.7 Å². The van der Waals surface area contributed by atoms with Crippen molar-refractivity contribution >= 4 is 47.0 Å². The third-order valence-corrected chi connectivity index (χ3v) is 4.96. The molecule has 0 bridgehead atoms. The quantitative estimate of drug-likeness (QED) is 0.368. The Labute approximate surface area is 178 Å². The monoisotopic (exact) mass is 487 g/mol. The topological polar surface area (TPSA) is 52.6 Å². The minimum atomic E-state index is 0. The molecule has 0 saturated carbocycles. The molecule has 1 aromatic carbocycles. The first-order valence-electron chi connectivity index (χ1n) is 8.62. The van der Waals surface area contributed by atoms with Crippen LogP contribution in [0, 0.1) is 20.8 Å². The molecule has 0 radical (unpaired) electrons. The first kappa shape index (κ1) is 22.7. The van der Waals surface area contributed by atoms with Crippen molar-refractivity contribution in [2.24, 2.45) is 4.99 Å². The number of hydrogen-bond donors (Lipinski definition) is 2. The van der Waals surface area contributed by atoms with Crippen LogP contribution in [0.1, 0.15) is 33.6 Å². The Kier molecular flexibility index (Phi) is 9.35. The fourth-order valence-electron chi connectivity index (χ4n) is 2.63. The van der Waals surface area contributed by atoms with E-state index in [0.717, 1.165) is 29.8 Å². The Bertz CT molecular complexity index is 740. The van der Waals surface area contributed by atoms with Crippen LogP contribution < -0.4 is 15.5 Å². The Morgan fingerprint density at radius 2 is 1.92 bits per heavy atom. The van der Waals surface area contributed by atoms with E-state index in [0.29, 0.717) is 6.54 Å². The highest BCUT2D eigenvalue weighted by molar-refractivity contribution is 14.0. The van der Waals surface area contributed by atoms with Gasteiger partial charge in [-0.25, -0.2) is 9.98 Å². The maximum atomic E-state index is 4.76. The second-order valence-electron chi connectivity index (χ2n) is 6.32. The standard InChI is InChI=1S/C19H29N5S.HI/c1-7-20-19(22-12-18-14(3)23-15(4)25-18)21-11-16-9-8-13(2)10-17(16)24(5)6;/h8-10H,7,11-12H2,1-6H3,(H2,20,21,22);1H. The van der Waals surface area contributed by atoms with Crippen LogP contribution in [0.25, 0.3) is 0 Å². The van der Waals surface area contributed by atoms with E-state index in [4.69, 9.17) is 4.99 Å². The summed E-state index contributed by atoms with van der Waals surface area (Å²) < 4.78 is 0. The van der Waals surface area contributed by atoms with Gasteiger partial charge in [0.05, 0.1) is 23.8 Å². The number of nitrogens with one attached hydrogen (secondary N) is 2. The second kappa shape index (κ2) is 10.7. The number of halogens is 1. The molecule has 0 fully saturated rings. The summed E-state index contributed by atoms with van der Waals surface area (Å²) in [5, 5.41) is 7.84. The summed E-state index contributed by atoms with van der Waals surface area (Å²) >= 11 is 1.73. The number of hydrogen-bond acceptors (Lipinski definition) is 4.